The van der Waals surface area contributed by atoms with Crippen molar-refractivity contribution in [3.63, 3.8) is 0 Å². The Hall–Kier alpha value is -2.66. The maximum Gasteiger partial charge on any atom is 0.419 e. The third-order valence-corrected chi connectivity index (χ3v) is 3.47. The molecule has 3 rings (SSSR count). The van der Waals surface area contributed by atoms with Crippen molar-refractivity contribution in [2.45, 2.75) is 0 Å². The van der Waals surface area contributed by atoms with Crippen molar-refractivity contribution in [1.29, 1.82) is 0 Å². The number of rotatable bonds is 3. The lowest BCUT2D eigenvalue weighted by Crippen LogP contribution is -2.16. The lowest BCUT2D eigenvalue weighted by Gasteiger charge is -2.03. The number of aromatic nitrogens is 1. The van der Waals surface area contributed by atoms with Crippen molar-refractivity contribution in [2.24, 2.45) is 0 Å². The Balaban J connectivity index is 1.66. The van der Waals surface area contributed by atoms with Gasteiger partial charge in [-0.1, -0.05) is 59.9 Å². The molecule has 3 aromatic rings. The molecule has 0 bridgehead atoms. The first-order chi connectivity index (χ1) is 10.3. The van der Waals surface area contributed by atoms with Crippen LogP contribution in [0.4, 0.5) is 10.5 Å². The smallest absolute Gasteiger partial charge is 0.381 e. The van der Waals surface area contributed by atoms with Crippen molar-refractivity contribution in [3.8, 4) is 16.5 Å². The van der Waals surface area contributed by atoms with Crippen molar-refractivity contribution in [2.75, 3.05) is 5.32 Å². The highest BCUT2D eigenvalue weighted by atomic mass is 32.1. The number of para-hydroxylation sites is 1. The van der Waals surface area contributed by atoms with E-state index in [0.717, 1.165) is 11.3 Å². The van der Waals surface area contributed by atoms with Gasteiger partial charge in [-0.05, 0) is 12.1 Å². The Morgan fingerprint density at radius 3 is 2.38 bits per heavy atom. The molecule has 0 fully saturated rings. The van der Waals surface area contributed by atoms with Crippen molar-refractivity contribution in [3.05, 3.63) is 66.0 Å². The number of thiazole rings is 1. The van der Waals surface area contributed by atoms with Crippen LogP contribution < -0.4 is 10.1 Å². The van der Waals surface area contributed by atoms with Gasteiger partial charge in [0, 0.05) is 16.6 Å². The maximum absolute atomic E-state index is 11.8. The third kappa shape index (κ3) is 3.46. The van der Waals surface area contributed by atoms with E-state index in [0.29, 0.717) is 10.9 Å². The van der Waals surface area contributed by atoms with Crippen LogP contribution in [0.15, 0.2) is 66.0 Å². The first kappa shape index (κ1) is 13.3. The second-order valence-corrected chi connectivity index (χ2v) is 5.07. The molecule has 0 saturated carbocycles. The Labute approximate surface area is 126 Å². The minimum Gasteiger partial charge on any atom is -0.381 e. The molecule has 1 amide bonds. The number of hydrogen-bond donors (Lipinski definition) is 1. The predicted molar refractivity (Wildman–Crippen MR) is 83.6 cm³/mol. The predicted octanol–water partition coefficient (Wildman–Crippen LogP) is 4.42. The summed E-state index contributed by atoms with van der Waals surface area (Å²) in [6.45, 7) is 0. The van der Waals surface area contributed by atoms with E-state index in [-0.39, 0.29) is 0 Å². The summed E-state index contributed by atoms with van der Waals surface area (Å²) < 4.78 is 5.18. The number of hydrogen-bond acceptors (Lipinski definition) is 4. The second-order valence-electron chi connectivity index (χ2n) is 4.25. The van der Waals surface area contributed by atoms with Crippen molar-refractivity contribution >= 4 is 23.1 Å². The van der Waals surface area contributed by atoms with Gasteiger partial charge in [-0.25, -0.2) is 9.78 Å². The molecule has 0 aliphatic carbocycles. The van der Waals surface area contributed by atoms with Gasteiger partial charge in [0.25, 0.3) is 5.19 Å². The molecule has 0 aliphatic heterocycles. The quantitative estimate of drug-likeness (QED) is 0.778. The van der Waals surface area contributed by atoms with Gasteiger partial charge < -0.3 is 4.74 Å². The summed E-state index contributed by atoms with van der Waals surface area (Å²) in [5, 5.41) is 4.83. The fourth-order valence-electron chi connectivity index (χ4n) is 1.79. The van der Waals surface area contributed by atoms with Crippen molar-refractivity contribution < 1.29 is 9.53 Å². The molecule has 5 heteroatoms. The first-order valence-corrected chi connectivity index (χ1v) is 7.24. The summed E-state index contributed by atoms with van der Waals surface area (Å²) in [6, 6.07) is 18.9. The van der Waals surface area contributed by atoms with Gasteiger partial charge in [0.15, 0.2) is 0 Å². The number of nitrogens with zero attached hydrogens (tertiary/aromatic N) is 1. The lowest BCUT2D eigenvalue weighted by atomic mass is 10.2. The standard InChI is InChI=1S/C16H12N2O2S/c19-15(17-13-9-5-2-6-10-13)20-16-18-14(11-21-16)12-7-3-1-4-8-12/h1-11H,(H,17,19). The summed E-state index contributed by atoms with van der Waals surface area (Å²) in [5.74, 6) is 0. The van der Waals surface area contributed by atoms with Gasteiger partial charge >= 0.3 is 6.09 Å². The average Bonchev–Trinajstić information content (AvgIpc) is 2.97. The topological polar surface area (TPSA) is 51.2 Å². The third-order valence-electron chi connectivity index (χ3n) is 2.75. The minimum atomic E-state index is -0.546. The zero-order valence-electron chi connectivity index (χ0n) is 11.0. The molecule has 0 unspecified atom stereocenters. The molecular weight excluding hydrogens is 284 g/mol. The van der Waals surface area contributed by atoms with E-state index in [4.69, 9.17) is 4.74 Å². The maximum atomic E-state index is 11.8. The molecule has 104 valence electrons. The van der Waals surface area contributed by atoms with Crippen LogP contribution in [0, 0.1) is 0 Å². The van der Waals surface area contributed by atoms with E-state index in [9.17, 15) is 4.79 Å². The Bertz CT molecular complexity index is 726. The van der Waals surface area contributed by atoms with Gasteiger partial charge in [-0.2, -0.15) is 0 Å². The van der Waals surface area contributed by atoms with Gasteiger partial charge in [-0.3, -0.25) is 5.32 Å². The molecular formula is C16H12N2O2S. The largest absolute Gasteiger partial charge is 0.419 e. The molecule has 0 atom stereocenters. The van der Waals surface area contributed by atoms with Crippen LogP contribution in [0.25, 0.3) is 11.3 Å². The molecule has 1 aromatic heterocycles. The summed E-state index contributed by atoms with van der Waals surface area (Å²) in [6.07, 6.45) is -0.546. The van der Waals surface area contributed by atoms with E-state index < -0.39 is 6.09 Å². The fraction of sp³-hybridized carbons (Fsp3) is 0. The molecule has 21 heavy (non-hydrogen) atoms. The van der Waals surface area contributed by atoms with E-state index in [1.165, 1.54) is 11.3 Å². The number of benzene rings is 2. The molecule has 1 heterocycles. The van der Waals surface area contributed by atoms with Crippen LogP contribution >= 0.6 is 11.3 Å². The highest BCUT2D eigenvalue weighted by Crippen LogP contribution is 2.26. The summed E-state index contributed by atoms with van der Waals surface area (Å²) >= 11 is 1.29. The SMILES string of the molecule is O=C(Nc1ccccc1)Oc1nc(-c2ccccc2)cs1. The van der Waals surface area contributed by atoms with E-state index in [1.807, 2.05) is 53.9 Å². The normalized spacial score (nSPS) is 10.1. The highest BCUT2D eigenvalue weighted by molar-refractivity contribution is 7.11. The fourth-order valence-corrected chi connectivity index (χ4v) is 2.47. The minimum absolute atomic E-state index is 0.322. The number of amides is 1. The Morgan fingerprint density at radius 2 is 1.67 bits per heavy atom. The van der Waals surface area contributed by atoms with Gasteiger partial charge in [0.2, 0.25) is 0 Å². The zero-order chi connectivity index (χ0) is 14.5. The van der Waals surface area contributed by atoms with Crippen molar-refractivity contribution in [1.82, 2.24) is 4.98 Å². The van der Waals surface area contributed by atoms with E-state index in [1.54, 1.807) is 12.1 Å². The number of nitrogens with one attached hydrogen (secondary N) is 1. The molecule has 4 nitrogen and oxygen atoms in total. The summed E-state index contributed by atoms with van der Waals surface area (Å²) in [7, 11) is 0. The number of anilines is 1. The summed E-state index contributed by atoms with van der Waals surface area (Å²) in [5.41, 5.74) is 2.47. The van der Waals surface area contributed by atoms with Crippen LogP contribution in [0.3, 0.4) is 0 Å². The van der Waals surface area contributed by atoms with Gasteiger partial charge in [-0.15, -0.1) is 0 Å². The number of carbonyl (C=O) groups is 1. The molecule has 0 spiro atoms. The monoisotopic (exact) mass is 296 g/mol. The Kier molecular flexibility index (Phi) is 3.93. The molecule has 0 radical (unpaired) electrons. The molecule has 2 aromatic carbocycles. The second kappa shape index (κ2) is 6.19. The lowest BCUT2D eigenvalue weighted by molar-refractivity contribution is 0.215. The zero-order valence-corrected chi connectivity index (χ0v) is 11.8. The summed E-state index contributed by atoms with van der Waals surface area (Å²) in [4.78, 5) is 16.1. The van der Waals surface area contributed by atoms with E-state index >= 15 is 0 Å². The Morgan fingerprint density at radius 1 is 1.00 bits per heavy atom. The molecule has 0 saturated heterocycles. The number of carbonyl (C=O) groups excluding carboxylic acids is 1. The first-order valence-electron chi connectivity index (χ1n) is 6.36. The molecule has 0 aliphatic rings. The van der Waals surface area contributed by atoms with Crippen LogP contribution in [0.1, 0.15) is 0 Å². The average molecular weight is 296 g/mol. The van der Waals surface area contributed by atoms with Crippen LogP contribution in [0.5, 0.6) is 5.19 Å². The number of ether oxygens (including phenoxy) is 1. The van der Waals surface area contributed by atoms with Gasteiger partial charge in [0.05, 0.1) is 5.69 Å². The van der Waals surface area contributed by atoms with Crippen LogP contribution in [-0.4, -0.2) is 11.1 Å². The molecule has 1 N–H and O–H groups in total. The highest BCUT2D eigenvalue weighted by Gasteiger charge is 2.10. The van der Waals surface area contributed by atoms with E-state index in [2.05, 4.69) is 10.3 Å². The van der Waals surface area contributed by atoms with Crippen LogP contribution in [-0.2, 0) is 0 Å². The van der Waals surface area contributed by atoms with Gasteiger partial charge in [0.1, 0.15) is 0 Å². The van der Waals surface area contributed by atoms with Crippen LogP contribution in [0.2, 0.25) is 0 Å².